The third kappa shape index (κ3) is 3.93. The van der Waals surface area contributed by atoms with Crippen LogP contribution >= 0.6 is 0 Å². The van der Waals surface area contributed by atoms with Crippen LogP contribution in [0.15, 0.2) is 48.5 Å². The number of halogens is 1. The van der Waals surface area contributed by atoms with Gasteiger partial charge in [0.05, 0.1) is 5.41 Å². The van der Waals surface area contributed by atoms with E-state index in [1.165, 1.54) is 19.1 Å². The van der Waals surface area contributed by atoms with E-state index in [0.29, 0.717) is 29.8 Å². The molecule has 1 aliphatic rings. The van der Waals surface area contributed by atoms with E-state index in [-0.39, 0.29) is 17.7 Å². The standard InChI is InChI=1S/C21H22FNO3/c1-15(24)23-18-8-10-19(11-9-18)26-20(25)21(12-3-2-4-13-21)16-6-5-7-17(22)14-16/h5-11,14H,2-4,12-13H2,1H3,(H,23,24). The molecule has 1 fully saturated rings. The van der Waals surface area contributed by atoms with Gasteiger partial charge in [0.25, 0.3) is 0 Å². The van der Waals surface area contributed by atoms with Gasteiger partial charge in [-0.2, -0.15) is 0 Å². The molecular weight excluding hydrogens is 333 g/mol. The van der Waals surface area contributed by atoms with E-state index >= 15 is 0 Å². The zero-order chi connectivity index (χ0) is 18.6. The maximum atomic E-state index is 13.7. The summed E-state index contributed by atoms with van der Waals surface area (Å²) < 4.78 is 19.4. The predicted molar refractivity (Wildman–Crippen MR) is 97.5 cm³/mol. The fraction of sp³-hybridized carbons (Fsp3) is 0.333. The fourth-order valence-corrected chi connectivity index (χ4v) is 3.57. The van der Waals surface area contributed by atoms with E-state index in [1.54, 1.807) is 36.4 Å². The summed E-state index contributed by atoms with van der Waals surface area (Å²) in [6.45, 7) is 1.43. The Balaban J connectivity index is 1.83. The monoisotopic (exact) mass is 355 g/mol. The molecule has 26 heavy (non-hydrogen) atoms. The third-order valence-corrected chi connectivity index (χ3v) is 4.86. The highest BCUT2D eigenvalue weighted by atomic mass is 19.1. The number of esters is 1. The van der Waals surface area contributed by atoms with Crippen LogP contribution < -0.4 is 10.1 Å². The van der Waals surface area contributed by atoms with E-state index in [1.807, 2.05) is 0 Å². The Morgan fingerprint density at radius 2 is 1.73 bits per heavy atom. The van der Waals surface area contributed by atoms with Crippen LogP contribution in [0.2, 0.25) is 0 Å². The molecule has 3 rings (SSSR count). The van der Waals surface area contributed by atoms with Crippen LogP contribution in [-0.2, 0) is 15.0 Å². The normalized spacial score (nSPS) is 15.9. The Bertz CT molecular complexity index is 795. The second-order valence-electron chi connectivity index (χ2n) is 6.75. The van der Waals surface area contributed by atoms with E-state index in [0.717, 1.165) is 19.3 Å². The molecule has 2 aromatic carbocycles. The molecular formula is C21H22FNO3. The molecule has 5 heteroatoms. The molecule has 0 spiro atoms. The summed E-state index contributed by atoms with van der Waals surface area (Å²) in [5, 5.41) is 2.67. The van der Waals surface area contributed by atoms with Crippen molar-refractivity contribution in [3.63, 3.8) is 0 Å². The van der Waals surface area contributed by atoms with Crippen molar-refractivity contribution in [3.05, 3.63) is 59.9 Å². The van der Waals surface area contributed by atoms with Gasteiger partial charge >= 0.3 is 5.97 Å². The average molecular weight is 355 g/mol. The first-order valence-electron chi connectivity index (χ1n) is 8.86. The number of carbonyl (C=O) groups excluding carboxylic acids is 2. The molecule has 1 amide bonds. The van der Waals surface area contributed by atoms with Gasteiger partial charge in [-0.1, -0.05) is 31.4 Å². The van der Waals surface area contributed by atoms with Crippen LogP contribution in [0.3, 0.4) is 0 Å². The number of rotatable bonds is 4. The molecule has 0 atom stereocenters. The van der Waals surface area contributed by atoms with Crippen molar-refractivity contribution < 1.29 is 18.7 Å². The lowest BCUT2D eigenvalue weighted by Crippen LogP contribution is -2.41. The zero-order valence-corrected chi connectivity index (χ0v) is 14.8. The fourth-order valence-electron chi connectivity index (χ4n) is 3.57. The molecule has 0 saturated heterocycles. The summed E-state index contributed by atoms with van der Waals surface area (Å²) in [6, 6.07) is 12.9. The molecule has 136 valence electrons. The second-order valence-corrected chi connectivity index (χ2v) is 6.75. The number of carbonyl (C=O) groups is 2. The van der Waals surface area contributed by atoms with Crippen LogP contribution in [0.4, 0.5) is 10.1 Å². The van der Waals surface area contributed by atoms with Gasteiger partial charge in [-0.15, -0.1) is 0 Å². The number of nitrogens with one attached hydrogen (secondary N) is 1. The minimum atomic E-state index is -0.809. The SMILES string of the molecule is CC(=O)Nc1ccc(OC(=O)C2(c3cccc(F)c3)CCCCC2)cc1. The Labute approximate surface area is 152 Å². The Morgan fingerprint density at radius 3 is 2.35 bits per heavy atom. The summed E-state index contributed by atoms with van der Waals surface area (Å²) in [4.78, 5) is 24.1. The van der Waals surface area contributed by atoms with Crippen molar-refractivity contribution in [1.29, 1.82) is 0 Å². The van der Waals surface area contributed by atoms with Gasteiger partial charge in [0.15, 0.2) is 0 Å². The molecule has 0 radical (unpaired) electrons. The lowest BCUT2D eigenvalue weighted by Gasteiger charge is -2.35. The van der Waals surface area contributed by atoms with E-state index in [2.05, 4.69) is 5.32 Å². The molecule has 1 N–H and O–H groups in total. The van der Waals surface area contributed by atoms with Gasteiger partial charge < -0.3 is 10.1 Å². The van der Waals surface area contributed by atoms with E-state index in [9.17, 15) is 14.0 Å². The number of hydrogen-bond acceptors (Lipinski definition) is 3. The van der Waals surface area contributed by atoms with Crippen molar-refractivity contribution in [2.24, 2.45) is 0 Å². The second kappa shape index (κ2) is 7.68. The highest BCUT2D eigenvalue weighted by Gasteiger charge is 2.43. The average Bonchev–Trinajstić information content (AvgIpc) is 2.63. The first kappa shape index (κ1) is 18.1. The molecule has 0 aliphatic heterocycles. The minimum Gasteiger partial charge on any atom is -0.426 e. The smallest absolute Gasteiger partial charge is 0.321 e. The highest BCUT2D eigenvalue weighted by Crippen LogP contribution is 2.41. The lowest BCUT2D eigenvalue weighted by molar-refractivity contribution is -0.142. The van der Waals surface area contributed by atoms with Gasteiger partial charge in [0.1, 0.15) is 11.6 Å². The quantitative estimate of drug-likeness (QED) is 0.644. The summed E-state index contributed by atoms with van der Waals surface area (Å²) in [5.41, 5.74) is 0.503. The number of anilines is 1. The molecule has 0 bridgehead atoms. The minimum absolute atomic E-state index is 0.165. The summed E-state index contributed by atoms with van der Waals surface area (Å²) >= 11 is 0. The van der Waals surface area contributed by atoms with Crippen molar-refractivity contribution in [2.45, 2.75) is 44.4 Å². The number of hydrogen-bond donors (Lipinski definition) is 1. The number of ether oxygens (including phenoxy) is 1. The Morgan fingerprint density at radius 1 is 1.04 bits per heavy atom. The first-order valence-corrected chi connectivity index (χ1v) is 8.86. The van der Waals surface area contributed by atoms with Gasteiger partial charge in [-0.25, -0.2) is 4.39 Å². The molecule has 1 aliphatic carbocycles. The summed E-state index contributed by atoms with van der Waals surface area (Å²) in [6.07, 6.45) is 4.19. The van der Waals surface area contributed by atoms with Gasteiger partial charge in [-0.05, 0) is 54.8 Å². The highest BCUT2D eigenvalue weighted by molar-refractivity contribution is 5.89. The van der Waals surface area contributed by atoms with Crippen LogP contribution in [0.5, 0.6) is 5.75 Å². The molecule has 4 nitrogen and oxygen atoms in total. The van der Waals surface area contributed by atoms with Crippen LogP contribution in [0, 0.1) is 5.82 Å². The van der Waals surface area contributed by atoms with Crippen molar-refractivity contribution in [1.82, 2.24) is 0 Å². The first-order chi connectivity index (χ1) is 12.5. The molecule has 0 heterocycles. The van der Waals surface area contributed by atoms with Gasteiger partial charge in [0, 0.05) is 12.6 Å². The Kier molecular flexibility index (Phi) is 5.35. The number of amides is 1. The summed E-state index contributed by atoms with van der Waals surface area (Å²) in [7, 11) is 0. The van der Waals surface area contributed by atoms with Crippen LogP contribution in [0.25, 0.3) is 0 Å². The predicted octanol–water partition coefficient (Wildman–Crippen LogP) is 4.59. The van der Waals surface area contributed by atoms with Gasteiger partial charge in [0.2, 0.25) is 5.91 Å². The van der Waals surface area contributed by atoms with Crippen LogP contribution in [-0.4, -0.2) is 11.9 Å². The van der Waals surface area contributed by atoms with Gasteiger partial charge in [-0.3, -0.25) is 9.59 Å². The molecule has 2 aromatic rings. The maximum Gasteiger partial charge on any atom is 0.321 e. The topological polar surface area (TPSA) is 55.4 Å². The lowest BCUT2D eigenvalue weighted by atomic mass is 9.69. The number of benzene rings is 2. The van der Waals surface area contributed by atoms with E-state index in [4.69, 9.17) is 4.74 Å². The molecule has 0 aromatic heterocycles. The van der Waals surface area contributed by atoms with Crippen molar-refractivity contribution in [2.75, 3.05) is 5.32 Å². The largest absolute Gasteiger partial charge is 0.426 e. The van der Waals surface area contributed by atoms with E-state index < -0.39 is 5.41 Å². The van der Waals surface area contributed by atoms with Crippen LogP contribution in [0.1, 0.15) is 44.6 Å². The molecule has 1 saturated carbocycles. The maximum absolute atomic E-state index is 13.7. The third-order valence-electron chi connectivity index (χ3n) is 4.86. The molecule has 0 unspecified atom stereocenters. The zero-order valence-electron chi connectivity index (χ0n) is 14.8. The van der Waals surface area contributed by atoms with Crippen molar-refractivity contribution >= 4 is 17.6 Å². The summed E-state index contributed by atoms with van der Waals surface area (Å²) in [5.74, 6) is -0.456. The van der Waals surface area contributed by atoms with Crippen molar-refractivity contribution in [3.8, 4) is 5.75 Å². The Hall–Kier alpha value is -2.69.